The van der Waals surface area contributed by atoms with Gasteiger partial charge < -0.3 is 0 Å². The molecule has 132 valence electrons. The molecular formula is C26H18N2. The van der Waals surface area contributed by atoms with E-state index < -0.39 is 0 Å². The quantitative estimate of drug-likeness (QED) is 0.280. The average Bonchev–Trinajstić information content (AvgIpc) is 2.79. The zero-order chi connectivity index (χ0) is 18.8. The number of nitrogens with zero attached hydrogens (tertiary/aromatic N) is 2. The molecule has 0 aliphatic rings. The van der Waals surface area contributed by atoms with Crippen LogP contribution in [0.25, 0.3) is 43.4 Å². The number of hydrogen-bond donors (Lipinski definition) is 0. The SMILES string of the molecule is c1ccc2c(c1)ccc1cccnc12.c1ccc2c(c1)ccc1ncccc12. The second kappa shape index (κ2) is 7.09. The molecule has 0 saturated carbocycles. The summed E-state index contributed by atoms with van der Waals surface area (Å²) in [5.74, 6) is 0. The van der Waals surface area contributed by atoms with Crippen molar-refractivity contribution in [1.82, 2.24) is 9.97 Å². The summed E-state index contributed by atoms with van der Waals surface area (Å²) >= 11 is 0. The molecule has 2 heteroatoms. The molecule has 6 aromatic rings. The van der Waals surface area contributed by atoms with Crippen molar-refractivity contribution in [2.45, 2.75) is 0 Å². The van der Waals surface area contributed by atoms with Crippen molar-refractivity contribution in [2.24, 2.45) is 0 Å². The fourth-order valence-corrected chi connectivity index (χ4v) is 3.65. The molecule has 2 aromatic heterocycles. The van der Waals surface area contributed by atoms with Gasteiger partial charge in [-0.3, -0.25) is 9.97 Å². The summed E-state index contributed by atoms with van der Waals surface area (Å²) in [5, 5.41) is 7.45. The molecule has 0 aliphatic carbocycles. The fourth-order valence-electron chi connectivity index (χ4n) is 3.65. The molecule has 0 bridgehead atoms. The first-order valence-electron chi connectivity index (χ1n) is 9.35. The topological polar surface area (TPSA) is 25.8 Å². The minimum atomic E-state index is 1.06. The van der Waals surface area contributed by atoms with E-state index in [-0.39, 0.29) is 0 Å². The summed E-state index contributed by atoms with van der Waals surface area (Å²) in [6.45, 7) is 0. The van der Waals surface area contributed by atoms with Crippen molar-refractivity contribution in [2.75, 3.05) is 0 Å². The molecule has 6 rings (SSSR count). The van der Waals surface area contributed by atoms with Crippen LogP contribution in [0.1, 0.15) is 0 Å². The van der Waals surface area contributed by atoms with Crippen LogP contribution in [0, 0.1) is 0 Å². The van der Waals surface area contributed by atoms with Crippen molar-refractivity contribution >= 4 is 43.4 Å². The third kappa shape index (κ3) is 2.95. The molecule has 0 unspecified atom stereocenters. The third-order valence-corrected chi connectivity index (χ3v) is 5.01. The van der Waals surface area contributed by atoms with Crippen molar-refractivity contribution in [1.29, 1.82) is 0 Å². The van der Waals surface area contributed by atoms with Crippen molar-refractivity contribution in [3.8, 4) is 0 Å². The zero-order valence-electron chi connectivity index (χ0n) is 15.3. The van der Waals surface area contributed by atoms with Crippen LogP contribution in [0.5, 0.6) is 0 Å². The second-order valence-electron chi connectivity index (χ2n) is 6.72. The van der Waals surface area contributed by atoms with Crippen LogP contribution in [0.2, 0.25) is 0 Å². The number of aromatic nitrogens is 2. The summed E-state index contributed by atoms with van der Waals surface area (Å²) in [6.07, 6.45) is 3.67. The smallest absolute Gasteiger partial charge is 0.0780 e. The van der Waals surface area contributed by atoms with Gasteiger partial charge in [0.15, 0.2) is 0 Å². The first kappa shape index (κ1) is 16.4. The van der Waals surface area contributed by atoms with E-state index >= 15 is 0 Å². The highest BCUT2D eigenvalue weighted by molar-refractivity contribution is 6.06. The molecule has 0 amide bonds. The Bertz CT molecular complexity index is 1200. The number of fused-ring (bicyclic) bond motifs is 6. The van der Waals surface area contributed by atoms with E-state index in [0.717, 1.165) is 11.0 Å². The highest BCUT2D eigenvalue weighted by Crippen LogP contribution is 2.23. The predicted octanol–water partition coefficient (Wildman–Crippen LogP) is 6.78. The van der Waals surface area contributed by atoms with E-state index in [1.165, 1.54) is 32.3 Å². The lowest BCUT2D eigenvalue weighted by molar-refractivity contribution is 1.42. The van der Waals surface area contributed by atoms with E-state index in [4.69, 9.17) is 0 Å². The van der Waals surface area contributed by atoms with Gasteiger partial charge in [-0.1, -0.05) is 78.9 Å². The van der Waals surface area contributed by atoms with Gasteiger partial charge in [-0.2, -0.15) is 0 Å². The first-order chi connectivity index (χ1) is 13.9. The lowest BCUT2D eigenvalue weighted by atomic mass is 10.1. The highest BCUT2D eigenvalue weighted by Gasteiger charge is 1.99. The van der Waals surface area contributed by atoms with E-state index in [0.29, 0.717) is 0 Å². The number of benzene rings is 4. The van der Waals surface area contributed by atoms with Gasteiger partial charge in [0.1, 0.15) is 0 Å². The second-order valence-corrected chi connectivity index (χ2v) is 6.72. The van der Waals surface area contributed by atoms with Gasteiger partial charge in [-0.15, -0.1) is 0 Å². The van der Waals surface area contributed by atoms with Crippen LogP contribution >= 0.6 is 0 Å². The van der Waals surface area contributed by atoms with Crippen LogP contribution < -0.4 is 0 Å². The average molecular weight is 358 g/mol. The maximum absolute atomic E-state index is 4.41. The molecular weight excluding hydrogens is 340 g/mol. The molecule has 2 heterocycles. The Morgan fingerprint density at radius 1 is 0.393 bits per heavy atom. The number of rotatable bonds is 0. The van der Waals surface area contributed by atoms with Crippen molar-refractivity contribution in [3.05, 3.63) is 109 Å². The normalized spacial score (nSPS) is 10.9. The summed E-state index contributed by atoms with van der Waals surface area (Å²) in [7, 11) is 0. The fraction of sp³-hybridized carbons (Fsp3) is 0. The van der Waals surface area contributed by atoms with Crippen LogP contribution in [-0.2, 0) is 0 Å². The first-order valence-corrected chi connectivity index (χ1v) is 9.35. The molecule has 0 fully saturated rings. The molecule has 0 N–H and O–H groups in total. The lowest BCUT2D eigenvalue weighted by Gasteiger charge is -2.01. The van der Waals surface area contributed by atoms with Gasteiger partial charge in [0.2, 0.25) is 0 Å². The van der Waals surface area contributed by atoms with Gasteiger partial charge in [0.05, 0.1) is 11.0 Å². The Labute approximate surface area is 163 Å². The van der Waals surface area contributed by atoms with Gasteiger partial charge in [-0.25, -0.2) is 0 Å². The lowest BCUT2D eigenvalue weighted by Crippen LogP contribution is -1.79. The Morgan fingerprint density at radius 3 is 1.86 bits per heavy atom. The maximum atomic E-state index is 4.41. The molecule has 0 saturated heterocycles. The summed E-state index contributed by atoms with van der Waals surface area (Å²) in [6, 6.07) is 33.3. The largest absolute Gasteiger partial charge is 0.256 e. The van der Waals surface area contributed by atoms with E-state index in [1.54, 1.807) is 0 Å². The minimum absolute atomic E-state index is 1.06. The third-order valence-electron chi connectivity index (χ3n) is 5.01. The molecule has 0 spiro atoms. The van der Waals surface area contributed by atoms with E-state index in [1.807, 2.05) is 24.5 Å². The van der Waals surface area contributed by atoms with Gasteiger partial charge in [0.25, 0.3) is 0 Å². The monoisotopic (exact) mass is 358 g/mol. The molecule has 2 nitrogen and oxygen atoms in total. The molecule has 28 heavy (non-hydrogen) atoms. The number of hydrogen-bond acceptors (Lipinski definition) is 2. The minimum Gasteiger partial charge on any atom is -0.256 e. The zero-order valence-corrected chi connectivity index (χ0v) is 15.3. The van der Waals surface area contributed by atoms with E-state index in [9.17, 15) is 0 Å². The van der Waals surface area contributed by atoms with E-state index in [2.05, 4.69) is 94.9 Å². The summed E-state index contributed by atoms with van der Waals surface area (Å²) in [4.78, 5) is 8.74. The van der Waals surface area contributed by atoms with Gasteiger partial charge in [0, 0.05) is 28.6 Å². The predicted molar refractivity (Wildman–Crippen MR) is 118 cm³/mol. The van der Waals surface area contributed by atoms with Crippen LogP contribution in [-0.4, -0.2) is 9.97 Å². The maximum Gasteiger partial charge on any atom is 0.0780 e. The van der Waals surface area contributed by atoms with Crippen LogP contribution in [0.4, 0.5) is 0 Å². The summed E-state index contributed by atoms with van der Waals surface area (Å²) < 4.78 is 0. The standard InChI is InChI=1S/2C13H9N/c1-2-6-12-10(4-1)7-8-11-5-3-9-14-13(11)12;1-2-5-11-10(4-1)7-8-13-12(11)6-3-9-14-13/h2*1-9H. The molecule has 4 aromatic carbocycles. The van der Waals surface area contributed by atoms with Crippen molar-refractivity contribution in [3.63, 3.8) is 0 Å². The Hall–Kier alpha value is -3.78. The number of pyridine rings is 2. The Kier molecular flexibility index (Phi) is 4.15. The van der Waals surface area contributed by atoms with Crippen LogP contribution in [0.3, 0.4) is 0 Å². The molecule has 0 aliphatic heterocycles. The molecule has 0 radical (unpaired) electrons. The van der Waals surface area contributed by atoms with Crippen molar-refractivity contribution < 1.29 is 0 Å². The summed E-state index contributed by atoms with van der Waals surface area (Å²) in [5.41, 5.74) is 2.15. The highest BCUT2D eigenvalue weighted by atomic mass is 14.6. The van der Waals surface area contributed by atoms with Gasteiger partial charge in [-0.05, 0) is 34.4 Å². The van der Waals surface area contributed by atoms with Crippen LogP contribution in [0.15, 0.2) is 109 Å². The molecule has 0 atom stereocenters. The Morgan fingerprint density at radius 2 is 0.964 bits per heavy atom. The Balaban J connectivity index is 0.000000122. The van der Waals surface area contributed by atoms with Gasteiger partial charge >= 0.3 is 0 Å².